The van der Waals surface area contributed by atoms with E-state index in [1.165, 1.54) is 128 Å². The standard InChI is InChI=1S/C68H104N6O8/c1-7-9-11-13-15-17-19-21-22-24-26-28-30-32-37-45-64(77)82-61(44-36-31-29-27-25-23-20-18-16-14-12-10-8-2)59(52-75)69-67(78)66(70-63(76)47-46-58-51-73(72-71-58)50-56-40-34-33-35-41-56)68(5,6)65-55(4)48-54(3)49-62(65)81-53-57-42-38-39-43-60(57)74(79)80/h33-36,38-44,48-49,51,59,61,66,75H,7-32,37,45-47,50,52-53H2,1-6H3,(H,69,78)(H,70,76)/b44-36+/t59-,61+,66?/m0/s1. The molecule has 1 unspecified atom stereocenters. The molecule has 4 aromatic rings. The highest BCUT2D eigenvalue weighted by molar-refractivity contribution is 5.90. The molecule has 4 rings (SSSR count). The van der Waals surface area contributed by atoms with E-state index in [1.54, 1.807) is 29.0 Å². The van der Waals surface area contributed by atoms with E-state index in [1.807, 2.05) is 82.4 Å². The van der Waals surface area contributed by atoms with Crippen molar-refractivity contribution < 1.29 is 33.9 Å². The average molecular weight is 1130 g/mol. The van der Waals surface area contributed by atoms with Gasteiger partial charge in [0.1, 0.15) is 24.5 Å². The second-order valence-corrected chi connectivity index (χ2v) is 23.4. The number of unbranched alkanes of at least 4 members (excludes halogenated alkanes) is 25. The number of aromatic nitrogens is 3. The van der Waals surface area contributed by atoms with E-state index in [0.29, 0.717) is 35.5 Å². The van der Waals surface area contributed by atoms with Gasteiger partial charge in [-0.05, 0) is 68.0 Å². The summed E-state index contributed by atoms with van der Waals surface area (Å²) in [5, 5.41) is 37.8. The van der Waals surface area contributed by atoms with Crippen LogP contribution in [0.25, 0.3) is 0 Å². The van der Waals surface area contributed by atoms with Crippen molar-refractivity contribution in [3.05, 3.63) is 129 Å². The summed E-state index contributed by atoms with van der Waals surface area (Å²) in [6.07, 6.45) is 37.6. The normalized spacial score (nSPS) is 12.8. The highest BCUT2D eigenvalue weighted by Crippen LogP contribution is 2.39. The molecule has 454 valence electrons. The molecule has 14 nitrogen and oxygen atoms in total. The number of para-hydroxylation sites is 1. The van der Waals surface area contributed by atoms with Crippen molar-refractivity contribution >= 4 is 23.5 Å². The van der Waals surface area contributed by atoms with Crippen molar-refractivity contribution in [2.45, 2.75) is 271 Å². The number of esters is 1. The van der Waals surface area contributed by atoms with E-state index < -0.39 is 52.9 Å². The third kappa shape index (κ3) is 26.6. The van der Waals surface area contributed by atoms with Crippen molar-refractivity contribution in [2.24, 2.45) is 0 Å². The molecule has 3 N–H and O–H groups in total. The number of aliphatic hydroxyl groups is 1. The van der Waals surface area contributed by atoms with Crippen LogP contribution in [-0.2, 0) is 44.1 Å². The maximum absolute atomic E-state index is 15.2. The smallest absolute Gasteiger partial charge is 0.306 e. The molecule has 14 heteroatoms. The molecule has 2 amide bonds. The number of allylic oxidation sites excluding steroid dienone is 1. The van der Waals surface area contributed by atoms with Gasteiger partial charge in [-0.2, -0.15) is 0 Å². The molecule has 3 atom stereocenters. The summed E-state index contributed by atoms with van der Waals surface area (Å²) < 4.78 is 14.4. The number of nitro benzene ring substituents is 1. The lowest BCUT2D eigenvalue weighted by molar-refractivity contribution is -0.385. The van der Waals surface area contributed by atoms with Gasteiger partial charge in [0.25, 0.3) is 5.69 Å². The van der Waals surface area contributed by atoms with Crippen LogP contribution >= 0.6 is 0 Å². The summed E-state index contributed by atoms with van der Waals surface area (Å²) in [5.41, 5.74) is 3.03. The first-order valence-corrected chi connectivity index (χ1v) is 31.7. The van der Waals surface area contributed by atoms with Gasteiger partial charge < -0.3 is 25.2 Å². The summed E-state index contributed by atoms with van der Waals surface area (Å²) in [4.78, 5) is 54.7. The molecule has 0 radical (unpaired) electrons. The fourth-order valence-corrected chi connectivity index (χ4v) is 11.1. The lowest BCUT2D eigenvalue weighted by Gasteiger charge is -2.38. The number of nitro groups is 1. The lowest BCUT2D eigenvalue weighted by Crippen LogP contribution is -2.60. The number of amides is 2. The molecule has 1 heterocycles. The van der Waals surface area contributed by atoms with Gasteiger partial charge in [-0.15, -0.1) is 5.10 Å². The van der Waals surface area contributed by atoms with Gasteiger partial charge in [-0.3, -0.25) is 24.5 Å². The van der Waals surface area contributed by atoms with Crippen LogP contribution in [-0.4, -0.2) is 67.6 Å². The van der Waals surface area contributed by atoms with E-state index in [0.717, 1.165) is 61.6 Å². The second-order valence-electron chi connectivity index (χ2n) is 23.4. The third-order valence-electron chi connectivity index (χ3n) is 15.8. The number of rotatable bonds is 46. The van der Waals surface area contributed by atoms with Crippen LogP contribution < -0.4 is 15.4 Å². The van der Waals surface area contributed by atoms with E-state index >= 15 is 4.79 Å². The topological polar surface area (TPSA) is 188 Å². The Morgan fingerprint density at radius 2 is 1.27 bits per heavy atom. The van der Waals surface area contributed by atoms with Gasteiger partial charge in [0.05, 0.1) is 35.4 Å². The molecule has 3 aromatic carbocycles. The van der Waals surface area contributed by atoms with Crippen LogP contribution in [0.3, 0.4) is 0 Å². The van der Waals surface area contributed by atoms with Crippen LogP contribution in [0.2, 0.25) is 0 Å². The molecule has 0 aliphatic heterocycles. The Bertz CT molecular complexity index is 2460. The molecule has 0 bridgehead atoms. The van der Waals surface area contributed by atoms with Gasteiger partial charge in [0.2, 0.25) is 11.8 Å². The van der Waals surface area contributed by atoms with E-state index in [4.69, 9.17) is 9.47 Å². The first kappa shape index (κ1) is 68.6. The number of benzene rings is 3. The molecule has 0 aliphatic carbocycles. The Balaban J connectivity index is 1.51. The Morgan fingerprint density at radius 3 is 1.84 bits per heavy atom. The summed E-state index contributed by atoms with van der Waals surface area (Å²) >= 11 is 0. The Morgan fingerprint density at radius 1 is 0.720 bits per heavy atom. The highest BCUT2D eigenvalue weighted by Gasteiger charge is 2.42. The summed E-state index contributed by atoms with van der Waals surface area (Å²) in [5.74, 6) is -1.01. The predicted molar refractivity (Wildman–Crippen MR) is 331 cm³/mol. The minimum atomic E-state index is -1.25. The van der Waals surface area contributed by atoms with E-state index in [9.17, 15) is 24.8 Å². The van der Waals surface area contributed by atoms with Gasteiger partial charge in [-0.25, -0.2) is 4.68 Å². The third-order valence-corrected chi connectivity index (χ3v) is 15.8. The number of hydrogen-bond acceptors (Lipinski definition) is 10. The average Bonchev–Trinajstić information content (AvgIpc) is 4.01. The van der Waals surface area contributed by atoms with Crippen molar-refractivity contribution in [3.63, 3.8) is 0 Å². The number of carbonyl (C=O) groups is 3. The number of aliphatic hydroxyl groups excluding tert-OH is 1. The van der Waals surface area contributed by atoms with E-state index in [-0.39, 0.29) is 31.6 Å². The van der Waals surface area contributed by atoms with Crippen molar-refractivity contribution in [3.8, 4) is 5.75 Å². The molecular formula is C68H104N6O8. The van der Waals surface area contributed by atoms with Crippen LogP contribution in [0.15, 0.2) is 85.1 Å². The quantitative estimate of drug-likeness (QED) is 0.0126. The summed E-state index contributed by atoms with van der Waals surface area (Å²) in [6.45, 7) is 11.9. The van der Waals surface area contributed by atoms with Crippen LogP contribution in [0.1, 0.15) is 247 Å². The molecule has 0 saturated carbocycles. The van der Waals surface area contributed by atoms with Gasteiger partial charge in [0, 0.05) is 42.5 Å². The van der Waals surface area contributed by atoms with Crippen molar-refractivity contribution in [2.75, 3.05) is 6.61 Å². The van der Waals surface area contributed by atoms with Gasteiger partial charge >= 0.3 is 5.97 Å². The Labute approximate surface area is 492 Å². The molecule has 0 saturated heterocycles. The molecule has 1 aromatic heterocycles. The number of aryl methyl sites for hydroxylation is 3. The minimum absolute atomic E-state index is 0.0113. The Hall–Kier alpha value is -5.89. The SMILES string of the molecule is CCCCCCCCCCCCC/C=C/[C@@H](OC(=O)CCCCCCCCCCCCCCCCC)[C@H](CO)NC(=O)C(NC(=O)CCc1cn(Cc2ccccc2)nn1)C(C)(C)c1c(C)cc(C)cc1OCc1ccccc1[N+](=O)[O-]. The zero-order chi connectivity index (χ0) is 59.2. The minimum Gasteiger partial charge on any atom is -0.488 e. The molecule has 0 aliphatic rings. The molecule has 82 heavy (non-hydrogen) atoms. The monoisotopic (exact) mass is 1130 g/mol. The zero-order valence-corrected chi connectivity index (χ0v) is 51.2. The number of nitrogens with zero attached hydrogens (tertiary/aromatic N) is 4. The van der Waals surface area contributed by atoms with Crippen molar-refractivity contribution in [1.29, 1.82) is 0 Å². The maximum atomic E-state index is 15.2. The largest absolute Gasteiger partial charge is 0.488 e. The fraction of sp³-hybridized carbons (Fsp3) is 0.632. The van der Waals surface area contributed by atoms with E-state index in [2.05, 4.69) is 34.8 Å². The molecule has 0 fully saturated rings. The van der Waals surface area contributed by atoms with Crippen LogP contribution in [0.4, 0.5) is 5.69 Å². The maximum Gasteiger partial charge on any atom is 0.306 e. The molecular weight excluding hydrogens is 1030 g/mol. The fourth-order valence-electron chi connectivity index (χ4n) is 11.1. The predicted octanol–water partition coefficient (Wildman–Crippen LogP) is 15.7. The van der Waals surface area contributed by atoms with Gasteiger partial charge in [0.15, 0.2) is 0 Å². The first-order valence-electron chi connectivity index (χ1n) is 31.7. The second kappa shape index (κ2) is 40.4. The molecule has 0 spiro atoms. The van der Waals surface area contributed by atoms with Crippen molar-refractivity contribution in [1.82, 2.24) is 25.6 Å². The Kier molecular flexibility index (Phi) is 33.8. The van der Waals surface area contributed by atoms with Gasteiger partial charge in [-0.1, -0.05) is 242 Å². The summed E-state index contributed by atoms with van der Waals surface area (Å²) in [7, 11) is 0. The first-order chi connectivity index (χ1) is 39.8. The number of nitrogens with one attached hydrogen (secondary N) is 2. The van der Waals surface area contributed by atoms with Crippen LogP contribution in [0, 0.1) is 24.0 Å². The lowest BCUT2D eigenvalue weighted by atomic mass is 9.74. The number of carbonyl (C=O) groups excluding carboxylic acids is 3. The number of ether oxygens (including phenoxy) is 2. The number of hydrogen-bond donors (Lipinski definition) is 3. The highest BCUT2D eigenvalue weighted by atomic mass is 16.6. The zero-order valence-electron chi connectivity index (χ0n) is 51.2. The summed E-state index contributed by atoms with van der Waals surface area (Å²) in [6, 6.07) is 17.8. The van der Waals surface area contributed by atoms with Crippen LogP contribution in [0.5, 0.6) is 5.75 Å².